The molecular weight excluding hydrogens is 548 g/mol. The van der Waals surface area contributed by atoms with E-state index in [0.29, 0.717) is 18.5 Å². The highest BCUT2D eigenvalue weighted by atomic mass is 19.1. The molecule has 1 atom stereocenters. The lowest BCUT2D eigenvalue weighted by molar-refractivity contribution is -0.120. The van der Waals surface area contributed by atoms with Crippen molar-refractivity contribution in [2.75, 3.05) is 31.5 Å². The third kappa shape index (κ3) is 10.1. The average molecular weight is 586 g/mol. The molecule has 0 saturated carbocycles. The summed E-state index contributed by atoms with van der Waals surface area (Å²) in [6, 6.07) is 7.29. The number of hydrogen-bond donors (Lipinski definition) is 4. The largest absolute Gasteiger partial charge is 0.444 e. The number of aryl methyl sites for hydroxylation is 1. The monoisotopic (exact) mass is 585 g/mol. The number of carbonyl (C=O) groups is 3. The lowest BCUT2D eigenvalue weighted by atomic mass is 10.1. The molecule has 3 amide bonds. The van der Waals surface area contributed by atoms with E-state index in [9.17, 15) is 18.8 Å². The highest BCUT2D eigenvalue weighted by molar-refractivity contribution is 5.99. The molecule has 4 N–H and O–H groups in total. The summed E-state index contributed by atoms with van der Waals surface area (Å²) in [5.41, 5.74) is 0.545. The fourth-order valence-corrected chi connectivity index (χ4v) is 3.81. The molecular formula is C29H37F2N7O4. The minimum absolute atomic E-state index is 0.00261. The van der Waals surface area contributed by atoms with Gasteiger partial charge in [0.25, 0.3) is 5.91 Å². The predicted molar refractivity (Wildman–Crippen MR) is 154 cm³/mol. The first kappa shape index (κ1) is 32.0. The highest BCUT2D eigenvalue weighted by Crippen LogP contribution is 2.25. The van der Waals surface area contributed by atoms with Gasteiger partial charge in [0, 0.05) is 38.4 Å². The number of anilines is 1. The smallest absolute Gasteiger partial charge is 0.408 e. The Morgan fingerprint density at radius 3 is 2.48 bits per heavy atom. The van der Waals surface area contributed by atoms with Crippen molar-refractivity contribution in [2.45, 2.75) is 39.7 Å². The topological polar surface area (TPSA) is 139 Å². The fraction of sp³-hybridized carbons (Fsp3) is 0.414. The Labute approximate surface area is 243 Å². The van der Waals surface area contributed by atoms with E-state index in [0.717, 1.165) is 11.6 Å². The quantitative estimate of drug-likeness (QED) is 0.255. The molecule has 3 aromatic rings. The Morgan fingerprint density at radius 1 is 1.07 bits per heavy atom. The Bertz CT molecular complexity index is 1400. The zero-order chi connectivity index (χ0) is 30.9. The number of carbonyl (C=O) groups excluding carboxylic acids is 3. The molecule has 2 heterocycles. The molecule has 3 rings (SSSR count). The number of ether oxygens (including phenoxy) is 1. The maximum atomic E-state index is 15.1. The third-order valence-corrected chi connectivity index (χ3v) is 5.85. The highest BCUT2D eigenvalue weighted by Gasteiger charge is 2.20. The molecule has 0 aliphatic carbocycles. The van der Waals surface area contributed by atoms with Crippen molar-refractivity contribution in [1.29, 1.82) is 0 Å². The van der Waals surface area contributed by atoms with Gasteiger partial charge >= 0.3 is 6.09 Å². The van der Waals surface area contributed by atoms with Crippen molar-refractivity contribution in [1.82, 2.24) is 30.7 Å². The summed E-state index contributed by atoms with van der Waals surface area (Å²) in [4.78, 5) is 41.3. The summed E-state index contributed by atoms with van der Waals surface area (Å²) in [5, 5.41) is 15.0. The molecule has 0 radical (unpaired) electrons. The van der Waals surface area contributed by atoms with Crippen molar-refractivity contribution < 1.29 is 27.9 Å². The minimum Gasteiger partial charge on any atom is -0.444 e. The van der Waals surface area contributed by atoms with Crippen LogP contribution < -0.4 is 21.3 Å². The number of hydrogen-bond acceptors (Lipinski definition) is 7. The molecule has 11 nitrogen and oxygen atoms in total. The standard InChI is InChI=1S/C29H37F2N7O4/c1-18(13-33-24(39)16-35-28(41)42-29(2,3)4)14-34-27(40)22-12-23(31)25(20-15-36-38(5)17-20)37-26(22)32-10-9-19-7-6-8-21(30)11-19/h6-8,11-12,15,17-18H,9-10,13-14,16H2,1-5H3,(H,32,37)(H,33,39)(H,34,40)(H,35,41)/t18-/m0/s1. The van der Waals surface area contributed by atoms with Crippen molar-refractivity contribution in [3.8, 4) is 11.3 Å². The molecule has 0 bridgehead atoms. The number of halogens is 2. The van der Waals surface area contributed by atoms with Crippen LogP contribution in [0.4, 0.5) is 19.4 Å². The first-order valence-corrected chi connectivity index (χ1v) is 13.5. The van der Waals surface area contributed by atoms with Crippen LogP contribution in [-0.2, 0) is 23.0 Å². The van der Waals surface area contributed by atoms with Crippen LogP contribution in [0, 0.1) is 17.6 Å². The van der Waals surface area contributed by atoms with E-state index >= 15 is 4.39 Å². The van der Waals surface area contributed by atoms with Gasteiger partial charge in [-0.1, -0.05) is 19.1 Å². The number of rotatable bonds is 12. The van der Waals surface area contributed by atoms with Gasteiger partial charge in [0.1, 0.15) is 22.9 Å². The van der Waals surface area contributed by atoms with Crippen molar-refractivity contribution >= 4 is 23.7 Å². The van der Waals surface area contributed by atoms with E-state index in [1.807, 2.05) is 6.92 Å². The molecule has 0 unspecified atom stereocenters. The van der Waals surface area contributed by atoms with Gasteiger partial charge in [0.15, 0.2) is 5.82 Å². The van der Waals surface area contributed by atoms with Crippen LogP contribution in [0.2, 0.25) is 0 Å². The van der Waals surface area contributed by atoms with Crippen molar-refractivity contribution in [3.63, 3.8) is 0 Å². The number of amides is 3. The van der Waals surface area contributed by atoms with E-state index in [-0.39, 0.29) is 48.4 Å². The normalized spacial score (nSPS) is 11.9. The van der Waals surface area contributed by atoms with Gasteiger partial charge < -0.3 is 26.0 Å². The van der Waals surface area contributed by atoms with Crippen LogP contribution in [0.1, 0.15) is 43.6 Å². The van der Waals surface area contributed by atoms with Gasteiger partial charge in [-0.25, -0.2) is 18.6 Å². The zero-order valence-electron chi connectivity index (χ0n) is 24.4. The molecule has 42 heavy (non-hydrogen) atoms. The molecule has 1 aromatic carbocycles. The third-order valence-electron chi connectivity index (χ3n) is 5.85. The fourth-order valence-electron chi connectivity index (χ4n) is 3.81. The summed E-state index contributed by atoms with van der Waals surface area (Å²) in [6.45, 7) is 7.41. The molecule has 2 aromatic heterocycles. The number of alkyl carbamates (subject to hydrolysis) is 1. The summed E-state index contributed by atoms with van der Waals surface area (Å²) >= 11 is 0. The zero-order valence-corrected chi connectivity index (χ0v) is 24.4. The molecule has 0 aliphatic heterocycles. The van der Waals surface area contributed by atoms with Crippen LogP contribution in [0.5, 0.6) is 0 Å². The second kappa shape index (κ2) is 14.4. The van der Waals surface area contributed by atoms with Crippen molar-refractivity contribution in [2.24, 2.45) is 13.0 Å². The number of pyridine rings is 1. The summed E-state index contributed by atoms with van der Waals surface area (Å²) < 4.78 is 35.3. The molecule has 0 fully saturated rings. The van der Waals surface area contributed by atoms with Gasteiger partial charge in [-0.15, -0.1) is 0 Å². The van der Waals surface area contributed by atoms with Gasteiger partial charge in [-0.3, -0.25) is 14.3 Å². The van der Waals surface area contributed by atoms with Crippen LogP contribution >= 0.6 is 0 Å². The second-order valence-electron chi connectivity index (χ2n) is 10.9. The predicted octanol–water partition coefficient (Wildman–Crippen LogP) is 3.42. The maximum Gasteiger partial charge on any atom is 0.408 e. The van der Waals surface area contributed by atoms with Crippen LogP contribution in [-0.4, -0.2) is 64.5 Å². The first-order valence-electron chi connectivity index (χ1n) is 13.5. The Kier molecular flexibility index (Phi) is 10.9. The van der Waals surface area contributed by atoms with Gasteiger partial charge in [-0.2, -0.15) is 5.10 Å². The number of nitrogens with zero attached hydrogens (tertiary/aromatic N) is 3. The molecule has 0 aliphatic rings. The lowest BCUT2D eigenvalue weighted by Crippen LogP contribution is -2.42. The van der Waals surface area contributed by atoms with Crippen LogP contribution in [0.3, 0.4) is 0 Å². The molecule has 0 spiro atoms. The number of nitrogens with one attached hydrogen (secondary N) is 4. The maximum absolute atomic E-state index is 15.1. The van der Waals surface area contributed by atoms with Gasteiger partial charge in [0.05, 0.1) is 18.3 Å². The van der Waals surface area contributed by atoms with Crippen molar-refractivity contribution in [3.05, 3.63) is 65.5 Å². The van der Waals surface area contributed by atoms with E-state index in [1.165, 1.54) is 23.0 Å². The average Bonchev–Trinajstić information content (AvgIpc) is 3.34. The van der Waals surface area contributed by atoms with E-state index in [2.05, 4.69) is 31.3 Å². The molecule has 13 heteroatoms. The minimum atomic E-state index is -0.700. The lowest BCUT2D eigenvalue weighted by Gasteiger charge is -2.19. The second-order valence-corrected chi connectivity index (χ2v) is 10.9. The van der Waals surface area contributed by atoms with E-state index < -0.39 is 29.3 Å². The SMILES string of the molecule is C[C@@H](CNC(=O)CNC(=O)OC(C)(C)C)CNC(=O)c1cc(F)c(-c2cnn(C)c2)nc1NCCc1cccc(F)c1. The van der Waals surface area contributed by atoms with E-state index in [1.54, 1.807) is 46.1 Å². The van der Waals surface area contributed by atoms with Crippen LogP contribution in [0.25, 0.3) is 11.3 Å². The summed E-state index contributed by atoms with van der Waals surface area (Å²) in [5.74, 6) is -2.04. The number of benzene rings is 1. The Balaban J connectivity index is 1.61. The summed E-state index contributed by atoms with van der Waals surface area (Å²) in [7, 11) is 1.70. The Morgan fingerprint density at radius 2 is 1.81 bits per heavy atom. The van der Waals surface area contributed by atoms with Gasteiger partial charge in [0.2, 0.25) is 5.91 Å². The first-order chi connectivity index (χ1) is 19.8. The van der Waals surface area contributed by atoms with Gasteiger partial charge in [-0.05, 0) is 56.9 Å². The number of aromatic nitrogens is 3. The Hall–Kier alpha value is -4.55. The molecule has 0 saturated heterocycles. The molecule has 226 valence electrons. The van der Waals surface area contributed by atoms with E-state index in [4.69, 9.17) is 4.74 Å². The van der Waals surface area contributed by atoms with Crippen LogP contribution in [0.15, 0.2) is 42.7 Å². The summed E-state index contributed by atoms with van der Waals surface area (Å²) in [6.07, 6.45) is 2.83.